The van der Waals surface area contributed by atoms with Crippen molar-refractivity contribution in [3.63, 3.8) is 0 Å². The van der Waals surface area contributed by atoms with Crippen molar-refractivity contribution in [1.29, 1.82) is 0 Å². The van der Waals surface area contributed by atoms with Gasteiger partial charge in [-0.3, -0.25) is 9.59 Å². The molecule has 0 aliphatic heterocycles. The van der Waals surface area contributed by atoms with Crippen LogP contribution < -0.4 is 0 Å². The first-order valence-electron chi connectivity index (χ1n) is 17.8. The molecule has 0 aliphatic rings. The van der Waals surface area contributed by atoms with Crippen LogP contribution >= 0.6 is 0 Å². The van der Waals surface area contributed by atoms with Crippen LogP contribution in [0, 0.1) is 11.8 Å². The SMILES string of the molecule is CC(C)CCCCCCCCCCCCCCCCC(=O)OC[C@@H](O)COC(=O)CCCCCCCCCC(C)C. The Bertz CT molecular complexity index is 574. The number of unbranched alkanes of at least 4 members (excludes halogenated alkanes) is 19. The first-order chi connectivity index (χ1) is 19.8. The van der Waals surface area contributed by atoms with E-state index in [9.17, 15) is 14.7 Å². The highest BCUT2D eigenvalue weighted by Gasteiger charge is 2.12. The number of aliphatic hydroxyl groups is 1. The van der Waals surface area contributed by atoms with E-state index in [1.807, 2.05) is 0 Å². The van der Waals surface area contributed by atoms with Crippen LogP contribution in [-0.4, -0.2) is 36.4 Å². The van der Waals surface area contributed by atoms with Crippen LogP contribution in [0.2, 0.25) is 0 Å². The first-order valence-corrected chi connectivity index (χ1v) is 17.8. The molecule has 244 valence electrons. The predicted molar refractivity (Wildman–Crippen MR) is 173 cm³/mol. The fourth-order valence-corrected chi connectivity index (χ4v) is 5.22. The summed E-state index contributed by atoms with van der Waals surface area (Å²) in [4.78, 5) is 23.8. The molecule has 0 aliphatic carbocycles. The standard InChI is InChI=1S/C36H70O5/c1-32(2)26-22-18-14-11-9-7-5-6-8-10-12-16-20-24-28-35(38)40-30-34(37)31-41-36(39)29-25-21-17-13-15-19-23-27-33(3)4/h32-34,37H,5-31H2,1-4H3/t34-/m1/s1. The molecule has 0 saturated carbocycles. The molecule has 41 heavy (non-hydrogen) atoms. The van der Waals surface area contributed by atoms with Crippen LogP contribution in [0.5, 0.6) is 0 Å². The third-order valence-corrected chi connectivity index (χ3v) is 7.95. The lowest BCUT2D eigenvalue weighted by Crippen LogP contribution is -2.25. The second-order valence-electron chi connectivity index (χ2n) is 13.3. The van der Waals surface area contributed by atoms with Gasteiger partial charge in [0, 0.05) is 12.8 Å². The van der Waals surface area contributed by atoms with E-state index in [1.165, 1.54) is 116 Å². The Balaban J connectivity index is 3.39. The van der Waals surface area contributed by atoms with Gasteiger partial charge in [-0.05, 0) is 24.7 Å². The Morgan fingerprint density at radius 1 is 0.439 bits per heavy atom. The monoisotopic (exact) mass is 583 g/mol. The zero-order valence-electron chi connectivity index (χ0n) is 27.9. The van der Waals surface area contributed by atoms with E-state index in [0.29, 0.717) is 12.8 Å². The topological polar surface area (TPSA) is 72.8 Å². The molecule has 0 saturated heterocycles. The molecule has 1 N–H and O–H groups in total. The summed E-state index contributed by atoms with van der Waals surface area (Å²) in [5.41, 5.74) is 0. The summed E-state index contributed by atoms with van der Waals surface area (Å²) in [6.45, 7) is 8.95. The molecule has 0 spiro atoms. The van der Waals surface area contributed by atoms with E-state index >= 15 is 0 Å². The second-order valence-corrected chi connectivity index (χ2v) is 13.3. The van der Waals surface area contributed by atoms with Gasteiger partial charge in [-0.1, -0.05) is 163 Å². The van der Waals surface area contributed by atoms with E-state index in [2.05, 4.69) is 27.7 Å². The van der Waals surface area contributed by atoms with Crippen molar-refractivity contribution in [2.24, 2.45) is 11.8 Å². The Morgan fingerprint density at radius 2 is 0.683 bits per heavy atom. The van der Waals surface area contributed by atoms with Crippen LogP contribution in [-0.2, 0) is 19.1 Å². The molecule has 0 aromatic carbocycles. The van der Waals surface area contributed by atoms with Crippen LogP contribution in [0.4, 0.5) is 0 Å². The van der Waals surface area contributed by atoms with Crippen LogP contribution in [0.25, 0.3) is 0 Å². The highest BCUT2D eigenvalue weighted by atomic mass is 16.6. The van der Waals surface area contributed by atoms with E-state index in [1.54, 1.807) is 0 Å². The quantitative estimate of drug-likeness (QED) is 0.0650. The average molecular weight is 583 g/mol. The molecule has 0 aromatic heterocycles. The van der Waals surface area contributed by atoms with Gasteiger partial charge in [-0.15, -0.1) is 0 Å². The number of ether oxygens (including phenoxy) is 2. The molecular weight excluding hydrogens is 512 g/mol. The first kappa shape index (κ1) is 39.9. The van der Waals surface area contributed by atoms with Gasteiger partial charge in [-0.25, -0.2) is 0 Å². The van der Waals surface area contributed by atoms with Crippen molar-refractivity contribution in [3.05, 3.63) is 0 Å². The maximum atomic E-state index is 11.9. The van der Waals surface area contributed by atoms with Gasteiger partial charge in [0.25, 0.3) is 0 Å². The summed E-state index contributed by atoms with van der Waals surface area (Å²) in [6.07, 6.45) is 28.8. The largest absolute Gasteiger partial charge is 0.463 e. The van der Waals surface area contributed by atoms with Gasteiger partial charge >= 0.3 is 11.9 Å². The van der Waals surface area contributed by atoms with E-state index in [0.717, 1.165) is 43.9 Å². The summed E-state index contributed by atoms with van der Waals surface area (Å²) < 4.78 is 10.3. The zero-order valence-corrected chi connectivity index (χ0v) is 27.9. The third kappa shape index (κ3) is 33.3. The van der Waals surface area contributed by atoms with Gasteiger partial charge < -0.3 is 14.6 Å². The molecule has 5 heteroatoms. The molecule has 0 fully saturated rings. The number of carbonyl (C=O) groups excluding carboxylic acids is 2. The van der Waals surface area contributed by atoms with E-state index < -0.39 is 6.10 Å². The summed E-state index contributed by atoms with van der Waals surface area (Å²) in [5.74, 6) is 1.09. The van der Waals surface area contributed by atoms with Crippen molar-refractivity contribution in [3.8, 4) is 0 Å². The molecule has 0 unspecified atom stereocenters. The minimum absolute atomic E-state index is 0.110. The number of carbonyl (C=O) groups is 2. The Hall–Kier alpha value is -1.10. The number of hydrogen-bond donors (Lipinski definition) is 1. The lowest BCUT2D eigenvalue weighted by atomic mass is 10.0. The van der Waals surface area contributed by atoms with Gasteiger partial charge in [0.05, 0.1) is 0 Å². The van der Waals surface area contributed by atoms with Gasteiger partial charge in [0.15, 0.2) is 0 Å². The molecule has 5 nitrogen and oxygen atoms in total. The number of rotatable bonds is 31. The molecule has 0 rings (SSSR count). The maximum Gasteiger partial charge on any atom is 0.305 e. The number of aliphatic hydroxyl groups excluding tert-OH is 1. The molecule has 0 heterocycles. The fourth-order valence-electron chi connectivity index (χ4n) is 5.22. The molecular formula is C36H70O5. The Morgan fingerprint density at radius 3 is 0.951 bits per heavy atom. The zero-order chi connectivity index (χ0) is 30.4. The van der Waals surface area contributed by atoms with Crippen molar-refractivity contribution in [1.82, 2.24) is 0 Å². The molecule has 0 amide bonds. The summed E-state index contributed by atoms with van der Waals surface area (Å²) in [5, 5.41) is 9.96. The summed E-state index contributed by atoms with van der Waals surface area (Å²) >= 11 is 0. The van der Waals surface area contributed by atoms with E-state index in [4.69, 9.17) is 9.47 Å². The van der Waals surface area contributed by atoms with Gasteiger partial charge in [-0.2, -0.15) is 0 Å². The van der Waals surface area contributed by atoms with Crippen LogP contribution in [0.3, 0.4) is 0 Å². The minimum atomic E-state index is -0.955. The smallest absolute Gasteiger partial charge is 0.305 e. The normalized spacial score (nSPS) is 12.3. The third-order valence-electron chi connectivity index (χ3n) is 7.95. The predicted octanol–water partition coefficient (Wildman–Crippen LogP) is 10.5. The lowest BCUT2D eigenvalue weighted by molar-refractivity contribution is -0.152. The highest BCUT2D eigenvalue weighted by Crippen LogP contribution is 2.15. The fraction of sp³-hybridized carbons (Fsp3) is 0.944. The Labute approximate surface area is 255 Å². The number of hydrogen-bond acceptors (Lipinski definition) is 5. The van der Waals surface area contributed by atoms with Crippen molar-refractivity contribution in [2.75, 3.05) is 13.2 Å². The molecule has 0 radical (unpaired) electrons. The number of esters is 2. The van der Waals surface area contributed by atoms with Crippen LogP contribution in [0.1, 0.15) is 188 Å². The van der Waals surface area contributed by atoms with Crippen molar-refractivity contribution >= 4 is 11.9 Å². The minimum Gasteiger partial charge on any atom is -0.463 e. The lowest BCUT2D eigenvalue weighted by Gasteiger charge is -2.12. The van der Waals surface area contributed by atoms with Gasteiger partial charge in [0.1, 0.15) is 19.3 Å². The van der Waals surface area contributed by atoms with E-state index in [-0.39, 0.29) is 25.2 Å². The summed E-state index contributed by atoms with van der Waals surface area (Å²) in [7, 11) is 0. The van der Waals surface area contributed by atoms with Crippen LogP contribution in [0.15, 0.2) is 0 Å². The molecule has 0 bridgehead atoms. The van der Waals surface area contributed by atoms with Gasteiger partial charge in [0.2, 0.25) is 0 Å². The Kier molecular flexibility index (Phi) is 29.5. The second kappa shape index (κ2) is 30.4. The van der Waals surface area contributed by atoms with Crippen molar-refractivity contribution < 1.29 is 24.2 Å². The molecule has 1 atom stereocenters. The average Bonchev–Trinajstić information content (AvgIpc) is 2.93. The highest BCUT2D eigenvalue weighted by molar-refractivity contribution is 5.69. The molecule has 0 aromatic rings. The maximum absolute atomic E-state index is 11.9. The van der Waals surface area contributed by atoms with Crippen molar-refractivity contribution in [2.45, 2.75) is 194 Å². The summed E-state index contributed by atoms with van der Waals surface area (Å²) in [6, 6.07) is 0.